The van der Waals surface area contributed by atoms with Gasteiger partial charge in [-0.15, -0.1) is 0 Å². The Morgan fingerprint density at radius 2 is 1.32 bits per heavy atom. The van der Waals surface area contributed by atoms with Crippen molar-refractivity contribution in [2.45, 2.75) is 16.1 Å². The molecule has 2 amide bonds. The molecule has 1 saturated heterocycles. The fourth-order valence-corrected chi connectivity index (χ4v) is 7.51. The van der Waals surface area contributed by atoms with Gasteiger partial charge in [-0.2, -0.15) is 0 Å². The summed E-state index contributed by atoms with van der Waals surface area (Å²) < 4.78 is 6.00. The molecule has 1 heterocycles. The lowest BCUT2D eigenvalue weighted by Crippen LogP contribution is -2.37. The number of fused-ring (bicyclic) bond motifs is 6. The van der Waals surface area contributed by atoms with Crippen LogP contribution in [0.5, 0.6) is 11.5 Å². The highest BCUT2D eigenvalue weighted by atomic mass is 79.9. The van der Waals surface area contributed by atoms with Crippen molar-refractivity contribution in [3.05, 3.63) is 66.7 Å². The van der Waals surface area contributed by atoms with Gasteiger partial charge in [-0.1, -0.05) is 62.2 Å². The molecule has 2 saturated carbocycles. The van der Waals surface area contributed by atoms with Crippen molar-refractivity contribution in [3.63, 3.8) is 0 Å². The van der Waals surface area contributed by atoms with Crippen molar-refractivity contribution in [3.8, 4) is 11.5 Å². The molecule has 6 atom stereocenters. The van der Waals surface area contributed by atoms with Crippen LogP contribution in [0.4, 0.5) is 5.69 Å². The summed E-state index contributed by atoms with van der Waals surface area (Å²) in [6.45, 7) is 0. The standard InChI is InChI=1S/C25H19Br2NO3/c26-22-18-12-19(23(22)27)21-20(18)24(29)28(25(21)30)15-6-9-16(10-7-15)31-17-8-5-13-3-1-2-4-14(13)11-17/h1-11,18-23H,12H2. The first-order valence-electron chi connectivity index (χ1n) is 10.5. The fraction of sp³-hybridized carbons (Fsp3) is 0.280. The Kier molecular flexibility index (Phi) is 4.51. The summed E-state index contributed by atoms with van der Waals surface area (Å²) in [4.78, 5) is 28.2. The zero-order valence-corrected chi connectivity index (χ0v) is 19.6. The lowest BCUT2D eigenvalue weighted by atomic mass is 9.81. The number of hydrogen-bond acceptors (Lipinski definition) is 3. The van der Waals surface area contributed by atoms with Crippen LogP contribution in [0, 0.1) is 23.7 Å². The maximum atomic E-state index is 13.2. The number of rotatable bonds is 3. The number of ether oxygens (including phenoxy) is 1. The van der Waals surface area contributed by atoms with Crippen molar-refractivity contribution in [2.75, 3.05) is 4.90 Å². The van der Waals surface area contributed by atoms with Crippen molar-refractivity contribution >= 4 is 60.1 Å². The Hall–Kier alpha value is -2.18. The van der Waals surface area contributed by atoms with Gasteiger partial charge >= 0.3 is 0 Å². The summed E-state index contributed by atoms with van der Waals surface area (Å²) in [7, 11) is 0. The summed E-state index contributed by atoms with van der Waals surface area (Å²) in [5.74, 6) is 1.32. The van der Waals surface area contributed by atoms with Gasteiger partial charge in [0.05, 0.1) is 17.5 Å². The number of hydrogen-bond donors (Lipinski definition) is 0. The predicted molar refractivity (Wildman–Crippen MR) is 127 cm³/mol. The molecule has 2 bridgehead atoms. The van der Waals surface area contributed by atoms with Gasteiger partial charge in [0.15, 0.2) is 0 Å². The quantitative estimate of drug-likeness (QED) is 0.306. The first-order chi connectivity index (χ1) is 15.0. The summed E-state index contributed by atoms with van der Waals surface area (Å²) in [5.41, 5.74) is 0.618. The summed E-state index contributed by atoms with van der Waals surface area (Å²) >= 11 is 7.46. The van der Waals surface area contributed by atoms with Gasteiger partial charge in [0.1, 0.15) is 11.5 Å². The van der Waals surface area contributed by atoms with Crippen LogP contribution in [-0.4, -0.2) is 21.5 Å². The van der Waals surface area contributed by atoms with E-state index >= 15 is 0 Å². The first-order valence-corrected chi connectivity index (χ1v) is 12.3. The number of amides is 2. The summed E-state index contributed by atoms with van der Waals surface area (Å²) in [5, 5.41) is 2.27. The second kappa shape index (κ2) is 7.17. The third-order valence-corrected chi connectivity index (χ3v) is 10.2. The largest absolute Gasteiger partial charge is 0.457 e. The minimum atomic E-state index is -0.204. The van der Waals surface area contributed by atoms with Crippen LogP contribution in [0.25, 0.3) is 10.8 Å². The van der Waals surface area contributed by atoms with E-state index in [0.29, 0.717) is 11.4 Å². The van der Waals surface area contributed by atoms with Gasteiger partial charge in [0.2, 0.25) is 11.8 Å². The fourth-order valence-electron chi connectivity index (χ4n) is 5.63. The number of benzene rings is 3. The number of carbonyl (C=O) groups excluding carboxylic acids is 2. The van der Waals surface area contributed by atoms with E-state index in [0.717, 1.165) is 22.9 Å². The van der Waals surface area contributed by atoms with Crippen LogP contribution in [0.3, 0.4) is 0 Å². The van der Waals surface area contributed by atoms with Gasteiger partial charge in [-0.3, -0.25) is 14.5 Å². The zero-order chi connectivity index (χ0) is 21.3. The Balaban J connectivity index is 1.24. The molecular formula is C25H19Br2NO3. The average Bonchev–Trinajstić information content (AvgIpc) is 3.39. The molecule has 6 rings (SSSR count). The molecule has 1 aliphatic heterocycles. The molecule has 0 N–H and O–H groups in total. The van der Waals surface area contributed by atoms with E-state index in [1.165, 1.54) is 4.90 Å². The Labute approximate surface area is 196 Å². The van der Waals surface area contributed by atoms with E-state index in [9.17, 15) is 9.59 Å². The van der Waals surface area contributed by atoms with Crippen molar-refractivity contribution < 1.29 is 14.3 Å². The number of imide groups is 1. The molecule has 6 heteroatoms. The number of anilines is 1. The van der Waals surface area contributed by atoms with E-state index in [1.54, 1.807) is 12.1 Å². The van der Waals surface area contributed by atoms with E-state index in [2.05, 4.69) is 44.0 Å². The molecule has 0 radical (unpaired) electrons. The lowest BCUT2D eigenvalue weighted by molar-refractivity contribution is -0.123. The Morgan fingerprint density at radius 1 is 0.742 bits per heavy atom. The minimum absolute atomic E-state index is 0.0606. The molecule has 3 aromatic carbocycles. The maximum absolute atomic E-state index is 13.2. The third kappa shape index (κ3) is 2.91. The van der Waals surface area contributed by atoms with Gasteiger partial charge in [0, 0.05) is 9.65 Å². The number of carbonyl (C=O) groups is 2. The number of nitrogens with zero attached hydrogens (tertiary/aromatic N) is 1. The van der Waals surface area contributed by atoms with E-state index in [1.807, 2.05) is 42.5 Å². The minimum Gasteiger partial charge on any atom is -0.457 e. The van der Waals surface area contributed by atoms with E-state index in [-0.39, 0.29) is 45.1 Å². The molecular weight excluding hydrogens is 522 g/mol. The highest BCUT2D eigenvalue weighted by Gasteiger charge is 2.66. The van der Waals surface area contributed by atoms with Crippen LogP contribution in [0.1, 0.15) is 6.42 Å². The highest BCUT2D eigenvalue weighted by molar-refractivity contribution is 9.12. The topological polar surface area (TPSA) is 46.6 Å². The van der Waals surface area contributed by atoms with Gasteiger partial charge < -0.3 is 4.74 Å². The van der Waals surface area contributed by atoms with Crippen LogP contribution in [0.2, 0.25) is 0 Å². The smallest absolute Gasteiger partial charge is 0.238 e. The lowest BCUT2D eigenvalue weighted by Gasteiger charge is -2.28. The zero-order valence-electron chi connectivity index (χ0n) is 16.4. The maximum Gasteiger partial charge on any atom is 0.238 e. The molecule has 31 heavy (non-hydrogen) atoms. The second-order valence-electron chi connectivity index (χ2n) is 8.62. The monoisotopic (exact) mass is 539 g/mol. The van der Waals surface area contributed by atoms with Crippen molar-refractivity contribution in [1.29, 1.82) is 0 Å². The van der Waals surface area contributed by atoms with Crippen LogP contribution >= 0.6 is 31.9 Å². The molecule has 3 fully saturated rings. The highest BCUT2D eigenvalue weighted by Crippen LogP contribution is 2.60. The third-order valence-electron chi connectivity index (χ3n) is 7.04. The molecule has 2 aliphatic carbocycles. The molecule has 0 spiro atoms. The molecule has 3 aliphatic rings. The van der Waals surface area contributed by atoms with E-state index in [4.69, 9.17) is 4.74 Å². The van der Waals surface area contributed by atoms with Gasteiger partial charge in [-0.25, -0.2) is 0 Å². The SMILES string of the molecule is O=C1C2C3CC(C(Br)C3Br)C2C(=O)N1c1ccc(Oc2ccc3ccccc3c2)cc1. The first kappa shape index (κ1) is 19.5. The molecule has 0 aromatic heterocycles. The van der Waals surface area contributed by atoms with Crippen LogP contribution < -0.4 is 9.64 Å². The average molecular weight is 541 g/mol. The summed E-state index contributed by atoms with van der Waals surface area (Å²) in [6, 6.07) is 21.3. The predicted octanol–water partition coefficient (Wildman–Crippen LogP) is 5.91. The Bertz CT molecular complexity index is 1180. The molecule has 156 valence electrons. The van der Waals surface area contributed by atoms with E-state index < -0.39 is 0 Å². The van der Waals surface area contributed by atoms with Gasteiger partial charge in [0.25, 0.3) is 0 Å². The van der Waals surface area contributed by atoms with Crippen LogP contribution in [-0.2, 0) is 9.59 Å². The van der Waals surface area contributed by atoms with Gasteiger partial charge in [-0.05, 0) is 65.4 Å². The Morgan fingerprint density at radius 3 is 1.97 bits per heavy atom. The van der Waals surface area contributed by atoms with Crippen molar-refractivity contribution in [2.24, 2.45) is 23.7 Å². The second-order valence-corrected chi connectivity index (χ2v) is 10.7. The van der Waals surface area contributed by atoms with Crippen LogP contribution in [0.15, 0.2) is 66.7 Å². The molecule has 3 aromatic rings. The molecule has 4 nitrogen and oxygen atoms in total. The number of alkyl halides is 2. The van der Waals surface area contributed by atoms with Crippen molar-refractivity contribution in [1.82, 2.24) is 0 Å². The molecule has 6 unspecified atom stereocenters. The summed E-state index contributed by atoms with van der Waals surface area (Å²) in [6.07, 6.45) is 0.936. The number of halogens is 2. The normalized spacial score (nSPS) is 31.5.